The van der Waals surface area contributed by atoms with E-state index < -0.39 is 12.1 Å². The summed E-state index contributed by atoms with van der Waals surface area (Å²) in [5.74, 6) is 0.711. The number of aliphatic carboxylic acids is 1. The third kappa shape index (κ3) is 2.31. The quantitative estimate of drug-likeness (QED) is 0.857. The highest BCUT2D eigenvalue weighted by Gasteiger charge is 2.34. The molecule has 2 rings (SSSR count). The van der Waals surface area contributed by atoms with E-state index in [-0.39, 0.29) is 6.10 Å². The number of hydrogen-bond donors (Lipinski definition) is 1. The van der Waals surface area contributed by atoms with Crippen molar-refractivity contribution in [1.82, 2.24) is 14.8 Å². The lowest BCUT2D eigenvalue weighted by atomic mass is 10.2. The van der Waals surface area contributed by atoms with Crippen LogP contribution in [0.15, 0.2) is 0 Å². The molecule has 6 nitrogen and oxygen atoms in total. The molecule has 1 aliphatic rings. The van der Waals surface area contributed by atoms with E-state index in [0.717, 1.165) is 24.6 Å². The molecule has 1 fully saturated rings. The van der Waals surface area contributed by atoms with Gasteiger partial charge in [-0.2, -0.15) is 0 Å². The fraction of sp³-hybridized carbons (Fsp3) is 0.727. The van der Waals surface area contributed by atoms with Gasteiger partial charge in [-0.15, -0.1) is 10.2 Å². The topological polar surface area (TPSA) is 77.2 Å². The molecular formula is C11H17N3O3. The van der Waals surface area contributed by atoms with Gasteiger partial charge in [0.25, 0.3) is 0 Å². The molecule has 2 heterocycles. The predicted molar refractivity (Wildman–Crippen MR) is 59.5 cm³/mol. The first kappa shape index (κ1) is 12.0. The highest BCUT2D eigenvalue weighted by molar-refractivity contribution is 5.72. The second-order valence-corrected chi connectivity index (χ2v) is 4.29. The van der Waals surface area contributed by atoms with Crippen molar-refractivity contribution in [3.05, 3.63) is 11.6 Å². The van der Waals surface area contributed by atoms with E-state index in [1.807, 2.05) is 11.5 Å². The minimum atomic E-state index is -0.897. The molecule has 1 aromatic rings. The van der Waals surface area contributed by atoms with Crippen LogP contribution in [0.2, 0.25) is 0 Å². The predicted octanol–water partition coefficient (Wildman–Crippen LogP) is 1.30. The molecule has 0 bridgehead atoms. The summed E-state index contributed by atoms with van der Waals surface area (Å²) < 4.78 is 7.50. The van der Waals surface area contributed by atoms with Crippen molar-refractivity contribution >= 4 is 5.97 Å². The van der Waals surface area contributed by atoms with Gasteiger partial charge in [0, 0.05) is 6.54 Å². The summed E-state index contributed by atoms with van der Waals surface area (Å²) in [6.07, 6.45) is 1.29. The molecule has 0 spiro atoms. The lowest BCUT2D eigenvalue weighted by molar-refractivity contribution is -0.149. The van der Waals surface area contributed by atoms with Crippen molar-refractivity contribution in [1.29, 1.82) is 0 Å². The van der Waals surface area contributed by atoms with E-state index >= 15 is 0 Å². The summed E-state index contributed by atoms with van der Waals surface area (Å²) >= 11 is 0. The van der Waals surface area contributed by atoms with E-state index in [1.165, 1.54) is 0 Å². The zero-order valence-corrected chi connectivity index (χ0v) is 10.1. The number of aromatic nitrogens is 3. The molecule has 2 unspecified atom stereocenters. The Kier molecular flexibility index (Phi) is 3.42. The fourth-order valence-electron chi connectivity index (χ4n) is 2.14. The van der Waals surface area contributed by atoms with Gasteiger partial charge in [-0.1, -0.05) is 6.92 Å². The summed E-state index contributed by atoms with van der Waals surface area (Å²) in [5.41, 5.74) is 0. The second-order valence-electron chi connectivity index (χ2n) is 4.29. The molecular weight excluding hydrogens is 222 g/mol. The molecule has 1 aliphatic heterocycles. The zero-order valence-electron chi connectivity index (χ0n) is 10.1. The fourth-order valence-corrected chi connectivity index (χ4v) is 2.14. The summed E-state index contributed by atoms with van der Waals surface area (Å²) in [5, 5.41) is 17.0. The van der Waals surface area contributed by atoms with Gasteiger partial charge in [-0.3, -0.25) is 0 Å². The first-order chi connectivity index (χ1) is 8.13. The standard InChI is InChI=1S/C11H17N3O3/c1-3-6-14-7(2)12-13-10(14)8-4-5-9(17-8)11(15)16/h8-9H,3-6H2,1-2H3,(H,15,16). The molecule has 0 aromatic carbocycles. The molecule has 2 atom stereocenters. The maximum atomic E-state index is 10.8. The van der Waals surface area contributed by atoms with Crippen LogP contribution in [-0.2, 0) is 16.1 Å². The summed E-state index contributed by atoms with van der Waals surface area (Å²) in [7, 11) is 0. The monoisotopic (exact) mass is 239 g/mol. The van der Waals surface area contributed by atoms with Crippen LogP contribution in [0.3, 0.4) is 0 Å². The Labute approximate surface area is 99.6 Å². The molecule has 1 N–H and O–H groups in total. The van der Waals surface area contributed by atoms with Crippen LogP contribution in [0, 0.1) is 6.92 Å². The average Bonchev–Trinajstić information content (AvgIpc) is 2.87. The number of aryl methyl sites for hydroxylation is 1. The summed E-state index contributed by atoms with van der Waals surface area (Å²) in [6, 6.07) is 0. The van der Waals surface area contributed by atoms with E-state index in [0.29, 0.717) is 12.8 Å². The lowest BCUT2D eigenvalue weighted by Crippen LogP contribution is -2.19. The Morgan fingerprint density at radius 1 is 1.53 bits per heavy atom. The van der Waals surface area contributed by atoms with Crippen LogP contribution in [0.25, 0.3) is 0 Å². The Morgan fingerprint density at radius 3 is 2.88 bits per heavy atom. The molecule has 94 valence electrons. The van der Waals surface area contributed by atoms with Crippen LogP contribution in [0.5, 0.6) is 0 Å². The first-order valence-corrected chi connectivity index (χ1v) is 5.91. The highest BCUT2D eigenvalue weighted by Crippen LogP contribution is 2.32. The molecule has 0 saturated carbocycles. The third-order valence-corrected chi connectivity index (χ3v) is 2.99. The molecule has 0 amide bonds. The van der Waals surface area contributed by atoms with E-state index in [4.69, 9.17) is 9.84 Å². The van der Waals surface area contributed by atoms with Gasteiger partial charge < -0.3 is 14.4 Å². The molecule has 17 heavy (non-hydrogen) atoms. The zero-order chi connectivity index (χ0) is 12.4. The molecule has 1 saturated heterocycles. The number of ether oxygens (including phenoxy) is 1. The largest absolute Gasteiger partial charge is 0.479 e. The third-order valence-electron chi connectivity index (χ3n) is 2.99. The van der Waals surface area contributed by atoms with Crippen LogP contribution in [-0.4, -0.2) is 31.9 Å². The maximum absolute atomic E-state index is 10.8. The van der Waals surface area contributed by atoms with Crippen molar-refractivity contribution in [3.63, 3.8) is 0 Å². The Morgan fingerprint density at radius 2 is 2.29 bits per heavy atom. The smallest absolute Gasteiger partial charge is 0.332 e. The molecule has 0 aliphatic carbocycles. The van der Waals surface area contributed by atoms with Gasteiger partial charge in [0.15, 0.2) is 11.9 Å². The van der Waals surface area contributed by atoms with Crippen molar-refractivity contribution < 1.29 is 14.6 Å². The normalized spacial score (nSPS) is 24.1. The number of carboxylic acids is 1. The van der Waals surface area contributed by atoms with Crippen LogP contribution in [0.1, 0.15) is 43.9 Å². The summed E-state index contributed by atoms with van der Waals surface area (Å²) in [6.45, 7) is 4.82. The van der Waals surface area contributed by atoms with Gasteiger partial charge >= 0.3 is 5.97 Å². The summed E-state index contributed by atoms with van der Waals surface area (Å²) in [4.78, 5) is 10.8. The average molecular weight is 239 g/mol. The van der Waals surface area contributed by atoms with Crippen LogP contribution < -0.4 is 0 Å². The first-order valence-electron chi connectivity index (χ1n) is 5.91. The maximum Gasteiger partial charge on any atom is 0.332 e. The number of carboxylic acid groups (broad SMARTS) is 1. The molecule has 6 heteroatoms. The minimum absolute atomic E-state index is 0.233. The van der Waals surface area contributed by atoms with Gasteiger partial charge in [0.05, 0.1) is 0 Å². The van der Waals surface area contributed by atoms with E-state index in [1.54, 1.807) is 0 Å². The van der Waals surface area contributed by atoms with E-state index in [2.05, 4.69) is 17.1 Å². The van der Waals surface area contributed by atoms with Crippen molar-refractivity contribution in [2.45, 2.75) is 51.9 Å². The van der Waals surface area contributed by atoms with E-state index in [9.17, 15) is 4.79 Å². The van der Waals surface area contributed by atoms with Crippen molar-refractivity contribution in [2.24, 2.45) is 0 Å². The number of hydrogen-bond acceptors (Lipinski definition) is 4. The minimum Gasteiger partial charge on any atom is -0.479 e. The van der Waals surface area contributed by atoms with Crippen LogP contribution >= 0.6 is 0 Å². The SMILES string of the molecule is CCCn1c(C)nnc1C1CCC(C(=O)O)O1. The Bertz CT molecular complexity index is 416. The molecule has 0 radical (unpaired) electrons. The van der Waals surface area contributed by atoms with Gasteiger partial charge in [0.2, 0.25) is 0 Å². The highest BCUT2D eigenvalue weighted by atomic mass is 16.5. The van der Waals surface area contributed by atoms with Crippen molar-refractivity contribution in [3.8, 4) is 0 Å². The number of nitrogens with zero attached hydrogens (tertiary/aromatic N) is 3. The second kappa shape index (κ2) is 4.83. The molecule has 1 aromatic heterocycles. The van der Waals surface area contributed by atoms with Gasteiger partial charge in [-0.05, 0) is 26.2 Å². The number of rotatable bonds is 4. The van der Waals surface area contributed by atoms with Crippen LogP contribution in [0.4, 0.5) is 0 Å². The van der Waals surface area contributed by atoms with Crippen molar-refractivity contribution in [2.75, 3.05) is 0 Å². The Hall–Kier alpha value is -1.43. The lowest BCUT2D eigenvalue weighted by Gasteiger charge is -2.12. The number of carbonyl (C=O) groups is 1. The Balaban J connectivity index is 2.15. The van der Waals surface area contributed by atoms with Gasteiger partial charge in [0.1, 0.15) is 11.9 Å². The van der Waals surface area contributed by atoms with Gasteiger partial charge in [-0.25, -0.2) is 4.79 Å².